The fraction of sp³-hybridized carbons (Fsp3) is 0.625. The third-order valence-electron chi connectivity index (χ3n) is 3.59. The number of likely N-dealkylation sites (N-methyl/N-ethyl adjacent to an activating group) is 1. The minimum atomic E-state index is -0.475. The number of hydrogen-bond acceptors (Lipinski definition) is 4. The van der Waals surface area contributed by atoms with Crippen molar-refractivity contribution in [1.82, 2.24) is 4.90 Å². The maximum atomic E-state index is 10.1. The Morgan fingerprint density at radius 2 is 2.20 bits per heavy atom. The topological polar surface area (TPSA) is 41.9 Å². The molecule has 1 aromatic carbocycles. The van der Waals surface area contributed by atoms with Crippen molar-refractivity contribution in [2.45, 2.75) is 32.0 Å². The van der Waals surface area contributed by atoms with E-state index in [1.54, 1.807) is 0 Å². The van der Waals surface area contributed by atoms with Crippen LogP contribution >= 0.6 is 0 Å². The van der Waals surface area contributed by atoms with Crippen molar-refractivity contribution in [3.8, 4) is 5.75 Å². The highest BCUT2D eigenvalue weighted by molar-refractivity contribution is 5.20. The number of benzene rings is 1. The smallest absolute Gasteiger partial charge is 0.119 e. The van der Waals surface area contributed by atoms with E-state index < -0.39 is 6.10 Å². The quantitative estimate of drug-likeness (QED) is 0.789. The molecule has 2 unspecified atom stereocenters. The Morgan fingerprint density at radius 3 is 2.85 bits per heavy atom. The van der Waals surface area contributed by atoms with Crippen LogP contribution in [0.25, 0.3) is 0 Å². The summed E-state index contributed by atoms with van der Waals surface area (Å²) < 4.78 is 11.2. The first kappa shape index (κ1) is 15.3. The zero-order valence-corrected chi connectivity index (χ0v) is 12.2. The zero-order chi connectivity index (χ0) is 14.2. The third-order valence-corrected chi connectivity index (χ3v) is 3.59. The Kier molecular flexibility index (Phi) is 6.30. The normalized spacial score (nSPS) is 20.2. The fourth-order valence-corrected chi connectivity index (χ4v) is 2.47. The largest absolute Gasteiger partial charge is 0.491 e. The van der Waals surface area contributed by atoms with Gasteiger partial charge >= 0.3 is 0 Å². The molecular formula is C16H25NO3. The summed E-state index contributed by atoms with van der Waals surface area (Å²) >= 11 is 0. The summed E-state index contributed by atoms with van der Waals surface area (Å²) in [5.41, 5.74) is 0. The van der Waals surface area contributed by atoms with E-state index in [0.717, 1.165) is 38.3 Å². The van der Waals surface area contributed by atoms with Gasteiger partial charge in [0.25, 0.3) is 0 Å². The van der Waals surface area contributed by atoms with Crippen molar-refractivity contribution in [2.24, 2.45) is 0 Å². The Hall–Kier alpha value is -1.10. The minimum absolute atomic E-state index is 0.325. The van der Waals surface area contributed by atoms with E-state index in [1.807, 2.05) is 30.3 Å². The van der Waals surface area contributed by atoms with Crippen LogP contribution in [-0.4, -0.2) is 55.1 Å². The van der Waals surface area contributed by atoms with Crippen molar-refractivity contribution in [3.63, 3.8) is 0 Å². The summed E-state index contributed by atoms with van der Waals surface area (Å²) in [6.45, 7) is 5.76. The van der Waals surface area contributed by atoms with Gasteiger partial charge in [0.2, 0.25) is 0 Å². The van der Waals surface area contributed by atoms with Gasteiger partial charge in [0.1, 0.15) is 18.5 Å². The van der Waals surface area contributed by atoms with E-state index in [-0.39, 0.29) is 0 Å². The van der Waals surface area contributed by atoms with Crippen LogP contribution in [0, 0.1) is 0 Å². The summed E-state index contributed by atoms with van der Waals surface area (Å²) in [6.07, 6.45) is 2.14. The first-order valence-electron chi connectivity index (χ1n) is 7.47. The lowest BCUT2D eigenvalue weighted by Crippen LogP contribution is -2.39. The van der Waals surface area contributed by atoms with Crippen LogP contribution in [0.4, 0.5) is 0 Å². The minimum Gasteiger partial charge on any atom is -0.491 e. The summed E-state index contributed by atoms with van der Waals surface area (Å²) in [5, 5.41) is 10.1. The second kappa shape index (κ2) is 8.25. The van der Waals surface area contributed by atoms with Gasteiger partial charge in [0, 0.05) is 19.7 Å². The number of aliphatic hydroxyl groups is 1. The number of para-hydroxylation sites is 1. The van der Waals surface area contributed by atoms with Crippen LogP contribution < -0.4 is 4.74 Å². The molecule has 1 heterocycles. The third kappa shape index (κ3) is 5.12. The summed E-state index contributed by atoms with van der Waals surface area (Å²) in [7, 11) is 0. The molecule has 4 nitrogen and oxygen atoms in total. The van der Waals surface area contributed by atoms with E-state index in [2.05, 4.69) is 11.8 Å². The average molecular weight is 279 g/mol. The number of rotatable bonds is 8. The molecule has 0 aliphatic carbocycles. The molecule has 0 aromatic heterocycles. The van der Waals surface area contributed by atoms with E-state index in [1.165, 1.54) is 0 Å². The molecule has 0 bridgehead atoms. The Bertz CT molecular complexity index is 365. The lowest BCUT2D eigenvalue weighted by molar-refractivity contribution is 0.0365. The number of nitrogens with zero attached hydrogens (tertiary/aromatic N) is 1. The van der Waals surface area contributed by atoms with Crippen LogP contribution in [0.1, 0.15) is 19.8 Å². The van der Waals surface area contributed by atoms with E-state index >= 15 is 0 Å². The second-order valence-corrected chi connectivity index (χ2v) is 5.27. The SMILES string of the molecule is CCN(CC(O)COc1ccccc1)CC1CCCO1. The van der Waals surface area contributed by atoms with Crippen LogP contribution in [0.15, 0.2) is 30.3 Å². The Labute approximate surface area is 121 Å². The summed E-state index contributed by atoms with van der Waals surface area (Å²) in [5.74, 6) is 0.800. The van der Waals surface area contributed by atoms with Gasteiger partial charge in [0.05, 0.1) is 6.10 Å². The molecule has 2 rings (SSSR count). The molecule has 1 N–H and O–H groups in total. The predicted molar refractivity (Wildman–Crippen MR) is 79.0 cm³/mol. The number of ether oxygens (including phenoxy) is 2. The van der Waals surface area contributed by atoms with Crippen molar-refractivity contribution in [3.05, 3.63) is 30.3 Å². The number of hydrogen-bond donors (Lipinski definition) is 1. The highest BCUT2D eigenvalue weighted by atomic mass is 16.5. The molecule has 1 aliphatic rings. The molecule has 1 aliphatic heterocycles. The van der Waals surface area contributed by atoms with Crippen LogP contribution in [-0.2, 0) is 4.74 Å². The molecule has 112 valence electrons. The molecule has 4 heteroatoms. The van der Waals surface area contributed by atoms with Crippen LogP contribution in [0.2, 0.25) is 0 Å². The first-order valence-corrected chi connectivity index (χ1v) is 7.47. The summed E-state index contributed by atoms with van der Waals surface area (Å²) in [6, 6.07) is 9.60. The Morgan fingerprint density at radius 1 is 1.40 bits per heavy atom. The second-order valence-electron chi connectivity index (χ2n) is 5.27. The van der Waals surface area contributed by atoms with E-state index in [0.29, 0.717) is 19.3 Å². The molecule has 0 radical (unpaired) electrons. The summed E-state index contributed by atoms with van der Waals surface area (Å²) in [4.78, 5) is 2.23. The predicted octanol–water partition coefficient (Wildman–Crippen LogP) is 1.93. The van der Waals surface area contributed by atoms with Gasteiger partial charge in [-0.05, 0) is 31.5 Å². The van der Waals surface area contributed by atoms with Gasteiger partial charge in [-0.15, -0.1) is 0 Å². The highest BCUT2D eigenvalue weighted by Crippen LogP contribution is 2.14. The zero-order valence-electron chi connectivity index (χ0n) is 12.2. The van der Waals surface area contributed by atoms with Crippen molar-refractivity contribution < 1.29 is 14.6 Å². The van der Waals surface area contributed by atoms with Gasteiger partial charge in [0.15, 0.2) is 0 Å². The van der Waals surface area contributed by atoms with Gasteiger partial charge in [-0.25, -0.2) is 0 Å². The van der Waals surface area contributed by atoms with E-state index in [4.69, 9.17) is 9.47 Å². The molecule has 2 atom stereocenters. The van der Waals surface area contributed by atoms with Gasteiger partial charge in [-0.2, -0.15) is 0 Å². The first-order chi connectivity index (χ1) is 9.78. The monoisotopic (exact) mass is 279 g/mol. The number of aliphatic hydroxyl groups excluding tert-OH is 1. The van der Waals surface area contributed by atoms with Gasteiger partial charge < -0.3 is 14.6 Å². The molecule has 0 saturated carbocycles. The van der Waals surface area contributed by atoms with Gasteiger partial charge in [-0.1, -0.05) is 25.1 Å². The molecule has 1 saturated heterocycles. The standard InChI is InChI=1S/C16H25NO3/c1-2-17(12-16-9-6-10-19-16)11-14(18)13-20-15-7-4-3-5-8-15/h3-5,7-8,14,16,18H,2,6,9-13H2,1H3. The Balaban J connectivity index is 1.69. The lowest BCUT2D eigenvalue weighted by Gasteiger charge is -2.26. The molecule has 0 amide bonds. The molecule has 0 spiro atoms. The van der Waals surface area contributed by atoms with Crippen molar-refractivity contribution in [1.29, 1.82) is 0 Å². The highest BCUT2D eigenvalue weighted by Gasteiger charge is 2.20. The van der Waals surface area contributed by atoms with Crippen molar-refractivity contribution in [2.75, 3.05) is 32.8 Å². The molecular weight excluding hydrogens is 254 g/mol. The maximum absolute atomic E-state index is 10.1. The molecule has 20 heavy (non-hydrogen) atoms. The average Bonchev–Trinajstić information content (AvgIpc) is 2.98. The van der Waals surface area contributed by atoms with E-state index in [9.17, 15) is 5.11 Å². The van der Waals surface area contributed by atoms with Gasteiger partial charge in [-0.3, -0.25) is 4.90 Å². The fourth-order valence-electron chi connectivity index (χ4n) is 2.47. The van der Waals surface area contributed by atoms with Crippen LogP contribution in [0.5, 0.6) is 5.75 Å². The van der Waals surface area contributed by atoms with Crippen LogP contribution in [0.3, 0.4) is 0 Å². The maximum Gasteiger partial charge on any atom is 0.119 e. The van der Waals surface area contributed by atoms with Crippen molar-refractivity contribution >= 4 is 0 Å². The molecule has 1 fully saturated rings. The lowest BCUT2D eigenvalue weighted by atomic mass is 10.2. The molecule has 1 aromatic rings.